The zero-order valence-corrected chi connectivity index (χ0v) is 11.6. The highest BCUT2D eigenvalue weighted by Gasteiger charge is 2.55. The van der Waals surface area contributed by atoms with Crippen molar-refractivity contribution in [3.05, 3.63) is 0 Å². The molecule has 0 radical (unpaired) electrons. The summed E-state index contributed by atoms with van der Waals surface area (Å²) in [6.45, 7) is 3.46. The van der Waals surface area contributed by atoms with E-state index >= 15 is 0 Å². The third-order valence-corrected chi connectivity index (χ3v) is 3.35. The molecule has 0 N–H and O–H groups in total. The van der Waals surface area contributed by atoms with Gasteiger partial charge in [-0.2, -0.15) is 8.42 Å². The molecule has 18 heavy (non-hydrogen) atoms. The maximum absolute atomic E-state index is 11.0. The Morgan fingerprint density at radius 1 is 1.22 bits per heavy atom. The summed E-state index contributed by atoms with van der Waals surface area (Å²) in [4.78, 5) is 0. The first-order chi connectivity index (χ1) is 8.22. The molecule has 0 spiro atoms. The van der Waals surface area contributed by atoms with Crippen LogP contribution in [0.3, 0.4) is 0 Å². The second-order valence-corrected chi connectivity index (χ2v) is 6.48. The van der Waals surface area contributed by atoms with E-state index in [1.54, 1.807) is 13.8 Å². The normalized spacial score (nSPS) is 38.9. The second-order valence-electron chi connectivity index (χ2n) is 4.83. The Kier molecular flexibility index (Phi) is 3.69. The lowest BCUT2D eigenvalue weighted by Crippen LogP contribution is -2.33. The monoisotopic (exact) mass is 282 g/mol. The molecule has 2 fully saturated rings. The van der Waals surface area contributed by atoms with Gasteiger partial charge in [-0.1, -0.05) is 0 Å². The summed E-state index contributed by atoms with van der Waals surface area (Å²) in [6.07, 6.45) is -0.894. The van der Waals surface area contributed by atoms with E-state index in [4.69, 9.17) is 23.1 Å². The minimum Gasteiger partial charge on any atom is -0.353 e. The Hall–Kier alpha value is -0.250. The van der Waals surface area contributed by atoms with E-state index in [9.17, 15) is 8.42 Å². The van der Waals surface area contributed by atoms with E-state index < -0.39 is 34.4 Å². The van der Waals surface area contributed by atoms with Gasteiger partial charge in [0.2, 0.25) is 0 Å². The van der Waals surface area contributed by atoms with Crippen molar-refractivity contribution >= 4 is 10.1 Å². The molecular formula is C10H18O7S. The SMILES string of the molecule is CO[C@H]1O[C@@H](COS(C)(=O)=O)[C@H]2OC(C)(C)O[C@@H]12. The Balaban J connectivity index is 2.04. The van der Waals surface area contributed by atoms with E-state index in [0.29, 0.717) is 0 Å². The lowest BCUT2D eigenvalue weighted by Gasteiger charge is -2.23. The van der Waals surface area contributed by atoms with E-state index in [1.165, 1.54) is 7.11 Å². The van der Waals surface area contributed by atoms with Crippen LogP contribution in [-0.4, -0.2) is 58.8 Å². The summed E-state index contributed by atoms with van der Waals surface area (Å²) in [5, 5.41) is 0. The van der Waals surface area contributed by atoms with Crippen molar-refractivity contribution in [1.29, 1.82) is 0 Å². The predicted octanol–water partition coefficient (Wildman–Crippen LogP) is -0.146. The molecule has 2 aliphatic rings. The summed E-state index contributed by atoms with van der Waals surface area (Å²) in [5.74, 6) is -0.737. The molecule has 7 nitrogen and oxygen atoms in total. The zero-order chi connectivity index (χ0) is 13.6. The number of hydrogen-bond donors (Lipinski definition) is 0. The fourth-order valence-electron chi connectivity index (χ4n) is 2.16. The van der Waals surface area contributed by atoms with Crippen molar-refractivity contribution in [1.82, 2.24) is 0 Å². The largest absolute Gasteiger partial charge is 0.353 e. The van der Waals surface area contributed by atoms with Crippen LogP contribution < -0.4 is 0 Å². The lowest BCUT2D eigenvalue weighted by atomic mass is 10.1. The average molecular weight is 282 g/mol. The van der Waals surface area contributed by atoms with Gasteiger partial charge in [-0.3, -0.25) is 4.18 Å². The average Bonchev–Trinajstić information content (AvgIpc) is 2.67. The number of ether oxygens (including phenoxy) is 4. The fraction of sp³-hybridized carbons (Fsp3) is 1.00. The van der Waals surface area contributed by atoms with Crippen LogP contribution in [0.1, 0.15) is 13.8 Å². The Morgan fingerprint density at radius 2 is 1.83 bits per heavy atom. The van der Waals surface area contributed by atoms with Gasteiger partial charge in [0.1, 0.15) is 18.3 Å². The first kappa shape index (κ1) is 14.2. The quantitative estimate of drug-likeness (QED) is 0.663. The van der Waals surface area contributed by atoms with Gasteiger partial charge in [-0.05, 0) is 13.8 Å². The fourth-order valence-corrected chi connectivity index (χ4v) is 2.54. The van der Waals surface area contributed by atoms with Crippen LogP contribution in [0.5, 0.6) is 0 Å². The maximum atomic E-state index is 11.0. The van der Waals surface area contributed by atoms with Gasteiger partial charge in [0.15, 0.2) is 12.1 Å². The molecule has 0 aliphatic carbocycles. The number of fused-ring (bicyclic) bond motifs is 1. The van der Waals surface area contributed by atoms with Crippen molar-refractivity contribution in [2.45, 2.75) is 44.2 Å². The number of rotatable bonds is 4. The van der Waals surface area contributed by atoms with E-state index in [0.717, 1.165) is 6.26 Å². The van der Waals surface area contributed by atoms with Crippen molar-refractivity contribution in [2.24, 2.45) is 0 Å². The van der Waals surface area contributed by atoms with Gasteiger partial charge < -0.3 is 18.9 Å². The van der Waals surface area contributed by atoms with Crippen molar-refractivity contribution in [3.8, 4) is 0 Å². The number of methoxy groups -OCH3 is 1. The lowest BCUT2D eigenvalue weighted by molar-refractivity contribution is -0.229. The van der Waals surface area contributed by atoms with Crippen molar-refractivity contribution in [2.75, 3.05) is 20.0 Å². The summed E-state index contributed by atoms with van der Waals surface area (Å²) in [7, 11) is -2.01. The minimum absolute atomic E-state index is 0.112. The smallest absolute Gasteiger partial charge is 0.264 e. The summed E-state index contributed by atoms with van der Waals surface area (Å²) in [5.41, 5.74) is 0. The molecule has 0 bridgehead atoms. The highest BCUT2D eigenvalue weighted by molar-refractivity contribution is 7.85. The molecular weight excluding hydrogens is 264 g/mol. The standard InChI is InChI=1S/C10H18O7S/c1-10(2)16-7-6(5-14-18(4,11)12)15-9(13-3)8(7)17-10/h6-9H,5H2,1-4H3/t6-,7+,8+,9-/m0/s1. The molecule has 106 valence electrons. The molecule has 0 amide bonds. The highest BCUT2D eigenvalue weighted by Crippen LogP contribution is 2.38. The van der Waals surface area contributed by atoms with Gasteiger partial charge in [0.05, 0.1) is 12.9 Å². The first-order valence-electron chi connectivity index (χ1n) is 5.60. The molecule has 0 aromatic rings. The van der Waals surface area contributed by atoms with Crippen LogP contribution in [0.15, 0.2) is 0 Å². The van der Waals surface area contributed by atoms with Gasteiger partial charge in [0, 0.05) is 7.11 Å². The summed E-state index contributed by atoms with van der Waals surface area (Å²) < 4.78 is 48.7. The van der Waals surface area contributed by atoms with Crippen molar-refractivity contribution in [3.63, 3.8) is 0 Å². The van der Waals surface area contributed by atoms with Crippen molar-refractivity contribution < 1.29 is 31.5 Å². The van der Waals surface area contributed by atoms with Crippen LogP contribution in [0.4, 0.5) is 0 Å². The topological polar surface area (TPSA) is 80.3 Å². The molecule has 0 saturated carbocycles. The molecule has 2 aliphatic heterocycles. The first-order valence-corrected chi connectivity index (χ1v) is 7.42. The van der Waals surface area contributed by atoms with Crippen LogP contribution in [0.25, 0.3) is 0 Å². The van der Waals surface area contributed by atoms with Gasteiger partial charge in [-0.15, -0.1) is 0 Å². The number of hydrogen-bond acceptors (Lipinski definition) is 7. The second kappa shape index (κ2) is 4.69. The molecule has 0 aromatic carbocycles. The predicted molar refractivity (Wildman–Crippen MR) is 60.3 cm³/mol. The van der Waals surface area contributed by atoms with Crippen LogP contribution in [-0.2, 0) is 33.2 Å². The van der Waals surface area contributed by atoms with Crippen LogP contribution in [0.2, 0.25) is 0 Å². The Morgan fingerprint density at radius 3 is 2.39 bits per heavy atom. The summed E-state index contributed by atoms with van der Waals surface area (Å²) >= 11 is 0. The van der Waals surface area contributed by atoms with Crippen LogP contribution in [0, 0.1) is 0 Å². The van der Waals surface area contributed by atoms with E-state index in [1.807, 2.05) is 0 Å². The van der Waals surface area contributed by atoms with Crippen LogP contribution >= 0.6 is 0 Å². The van der Waals surface area contributed by atoms with Gasteiger partial charge >= 0.3 is 0 Å². The maximum Gasteiger partial charge on any atom is 0.264 e. The minimum atomic E-state index is -3.51. The molecule has 2 saturated heterocycles. The molecule has 0 unspecified atom stereocenters. The van der Waals surface area contributed by atoms with E-state index in [2.05, 4.69) is 0 Å². The molecule has 2 heterocycles. The van der Waals surface area contributed by atoms with Gasteiger partial charge in [-0.25, -0.2) is 0 Å². The molecule has 0 aromatic heterocycles. The third-order valence-electron chi connectivity index (χ3n) is 2.79. The Labute approximate surface area is 106 Å². The van der Waals surface area contributed by atoms with Gasteiger partial charge in [0.25, 0.3) is 10.1 Å². The molecule has 4 atom stereocenters. The Bertz CT molecular complexity index is 404. The third kappa shape index (κ3) is 3.01. The highest BCUT2D eigenvalue weighted by atomic mass is 32.2. The molecule has 8 heteroatoms. The molecule has 2 rings (SSSR count). The van der Waals surface area contributed by atoms with E-state index in [-0.39, 0.29) is 12.7 Å². The zero-order valence-electron chi connectivity index (χ0n) is 10.8. The summed E-state index contributed by atoms with van der Waals surface area (Å²) in [6, 6.07) is 0.